The van der Waals surface area contributed by atoms with Gasteiger partial charge in [-0.1, -0.05) is 40.5 Å². The highest BCUT2D eigenvalue weighted by atomic mass is 16.2. The van der Waals surface area contributed by atoms with Crippen molar-refractivity contribution in [3.8, 4) is 0 Å². The summed E-state index contributed by atoms with van der Waals surface area (Å²) in [5.41, 5.74) is 0. The van der Waals surface area contributed by atoms with Gasteiger partial charge in [0.15, 0.2) is 0 Å². The second-order valence-corrected chi connectivity index (χ2v) is 7.50. The molecule has 4 heteroatoms. The van der Waals surface area contributed by atoms with Crippen LogP contribution < -0.4 is 10.6 Å². The summed E-state index contributed by atoms with van der Waals surface area (Å²) in [4.78, 5) is 24.1. The van der Waals surface area contributed by atoms with Crippen LogP contribution in [0, 0.1) is 11.8 Å². The average molecular weight is 310 g/mol. The van der Waals surface area contributed by atoms with Gasteiger partial charge >= 0.3 is 0 Å². The summed E-state index contributed by atoms with van der Waals surface area (Å²) in [6.45, 7) is 8.52. The Balaban J connectivity index is 2.42. The summed E-state index contributed by atoms with van der Waals surface area (Å²) in [7, 11) is 0. The molecule has 4 nitrogen and oxygen atoms in total. The van der Waals surface area contributed by atoms with Gasteiger partial charge in [0.1, 0.15) is 0 Å². The molecule has 0 aromatic rings. The van der Waals surface area contributed by atoms with Gasteiger partial charge in [0.05, 0.1) is 0 Å². The van der Waals surface area contributed by atoms with E-state index in [-0.39, 0.29) is 23.9 Å². The van der Waals surface area contributed by atoms with E-state index in [9.17, 15) is 9.59 Å². The van der Waals surface area contributed by atoms with Crippen molar-refractivity contribution in [2.24, 2.45) is 11.8 Å². The van der Waals surface area contributed by atoms with Crippen LogP contribution in [-0.2, 0) is 9.59 Å². The molecule has 2 N–H and O–H groups in total. The molecule has 2 atom stereocenters. The zero-order chi connectivity index (χ0) is 16.5. The van der Waals surface area contributed by atoms with E-state index >= 15 is 0 Å². The second-order valence-electron chi connectivity index (χ2n) is 7.50. The number of hydrogen-bond donors (Lipinski definition) is 2. The van der Waals surface area contributed by atoms with Crippen LogP contribution in [0.2, 0.25) is 0 Å². The van der Waals surface area contributed by atoms with Crippen LogP contribution in [0.4, 0.5) is 0 Å². The SMILES string of the molecule is CC(C)CCC(=O)N[C@@H]1CCCC[C@H]1NC(=O)CCC(C)C. The summed E-state index contributed by atoms with van der Waals surface area (Å²) >= 11 is 0. The van der Waals surface area contributed by atoms with Crippen LogP contribution in [0.25, 0.3) is 0 Å². The van der Waals surface area contributed by atoms with Gasteiger partial charge in [0.2, 0.25) is 11.8 Å². The minimum absolute atomic E-state index is 0.108. The quantitative estimate of drug-likeness (QED) is 0.722. The standard InChI is InChI=1S/C18H34N2O2/c1-13(2)9-11-17(21)19-15-7-5-6-8-16(15)20-18(22)12-10-14(3)4/h13-16H,5-12H2,1-4H3,(H,19,21)(H,20,22)/t15-,16-/m1/s1. The molecule has 0 aromatic heterocycles. The van der Waals surface area contributed by atoms with Gasteiger partial charge in [-0.2, -0.15) is 0 Å². The van der Waals surface area contributed by atoms with Gasteiger partial charge in [0, 0.05) is 24.9 Å². The van der Waals surface area contributed by atoms with Gasteiger partial charge in [-0.15, -0.1) is 0 Å². The number of amides is 2. The maximum atomic E-state index is 12.0. The van der Waals surface area contributed by atoms with Crippen LogP contribution in [0.15, 0.2) is 0 Å². The van der Waals surface area contributed by atoms with Crippen molar-refractivity contribution in [1.29, 1.82) is 0 Å². The third-order valence-corrected chi connectivity index (χ3v) is 4.36. The molecule has 1 aliphatic carbocycles. The highest BCUT2D eigenvalue weighted by molar-refractivity contribution is 5.77. The van der Waals surface area contributed by atoms with Crippen molar-refractivity contribution in [2.75, 3.05) is 0 Å². The number of hydrogen-bond acceptors (Lipinski definition) is 2. The van der Waals surface area contributed by atoms with Gasteiger partial charge in [0.25, 0.3) is 0 Å². The van der Waals surface area contributed by atoms with Crippen LogP contribution in [0.1, 0.15) is 79.1 Å². The first-order valence-corrected chi connectivity index (χ1v) is 8.97. The molecule has 2 amide bonds. The van der Waals surface area contributed by atoms with Gasteiger partial charge in [-0.05, 0) is 37.5 Å². The van der Waals surface area contributed by atoms with Gasteiger partial charge < -0.3 is 10.6 Å². The molecule has 0 heterocycles. The maximum Gasteiger partial charge on any atom is 0.220 e. The summed E-state index contributed by atoms with van der Waals surface area (Å²) in [5, 5.41) is 6.28. The Bertz CT molecular complexity index is 319. The van der Waals surface area contributed by atoms with Gasteiger partial charge in [-0.3, -0.25) is 9.59 Å². The van der Waals surface area contributed by atoms with Crippen molar-refractivity contribution < 1.29 is 9.59 Å². The Kier molecular flexibility index (Phi) is 8.51. The van der Waals surface area contributed by atoms with Crippen molar-refractivity contribution in [1.82, 2.24) is 10.6 Å². The normalized spacial score (nSPS) is 21.9. The molecule has 0 saturated heterocycles. The molecule has 0 bridgehead atoms. The highest BCUT2D eigenvalue weighted by Gasteiger charge is 2.27. The predicted molar refractivity (Wildman–Crippen MR) is 90.5 cm³/mol. The average Bonchev–Trinajstić information content (AvgIpc) is 2.45. The predicted octanol–water partition coefficient (Wildman–Crippen LogP) is 3.40. The van der Waals surface area contributed by atoms with Crippen LogP contribution in [0.3, 0.4) is 0 Å². The van der Waals surface area contributed by atoms with Crippen molar-refractivity contribution >= 4 is 11.8 Å². The smallest absolute Gasteiger partial charge is 0.220 e. The fourth-order valence-corrected chi connectivity index (χ4v) is 2.87. The number of carbonyl (C=O) groups is 2. The Morgan fingerprint density at radius 3 is 1.50 bits per heavy atom. The first kappa shape index (κ1) is 19.0. The molecule has 0 radical (unpaired) electrons. The summed E-state index contributed by atoms with van der Waals surface area (Å²) in [5.74, 6) is 1.34. The van der Waals surface area contributed by atoms with E-state index in [0.29, 0.717) is 24.7 Å². The van der Waals surface area contributed by atoms with Crippen LogP contribution in [-0.4, -0.2) is 23.9 Å². The topological polar surface area (TPSA) is 58.2 Å². The van der Waals surface area contributed by atoms with E-state index in [1.807, 2.05) is 0 Å². The summed E-state index contributed by atoms with van der Waals surface area (Å²) < 4.78 is 0. The summed E-state index contributed by atoms with van der Waals surface area (Å²) in [6.07, 6.45) is 7.23. The zero-order valence-corrected chi connectivity index (χ0v) is 14.8. The molecule has 1 aliphatic rings. The van der Waals surface area contributed by atoms with Crippen molar-refractivity contribution in [3.63, 3.8) is 0 Å². The molecule has 1 rings (SSSR count). The molecule has 1 saturated carbocycles. The Labute approximate surface area is 135 Å². The van der Waals surface area contributed by atoms with E-state index in [4.69, 9.17) is 0 Å². The molecular formula is C18H34N2O2. The second kappa shape index (κ2) is 9.86. The molecule has 0 spiro atoms. The summed E-state index contributed by atoms with van der Waals surface area (Å²) in [6, 6.07) is 0.216. The lowest BCUT2D eigenvalue weighted by atomic mass is 9.89. The van der Waals surface area contributed by atoms with Crippen molar-refractivity contribution in [3.05, 3.63) is 0 Å². The monoisotopic (exact) mass is 310 g/mol. The molecule has 22 heavy (non-hydrogen) atoms. The molecular weight excluding hydrogens is 276 g/mol. The Morgan fingerprint density at radius 1 is 0.818 bits per heavy atom. The third kappa shape index (κ3) is 7.81. The van der Waals surface area contributed by atoms with E-state index in [1.54, 1.807) is 0 Å². The minimum Gasteiger partial charge on any atom is -0.351 e. The first-order chi connectivity index (χ1) is 10.4. The molecule has 0 aromatic carbocycles. The van der Waals surface area contributed by atoms with Gasteiger partial charge in [-0.25, -0.2) is 0 Å². The third-order valence-electron chi connectivity index (χ3n) is 4.36. The largest absolute Gasteiger partial charge is 0.351 e. The first-order valence-electron chi connectivity index (χ1n) is 8.97. The Hall–Kier alpha value is -1.06. The molecule has 0 aliphatic heterocycles. The molecule has 0 unspecified atom stereocenters. The minimum atomic E-state index is 0.108. The lowest BCUT2D eigenvalue weighted by Gasteiger charge is -2.33. The lowest BCUT2D eigenvalue weighted by molar-refractivity contribution is -0.125. The fraction of sp³-hybridized carbons (Fsp3) is 0.889. The number of carbonyl (C=O) groups excluding carboxylic acids is 2. The van der Waals surface area contributed by atoms with Crippen LogP contribution in [0.5, 0.6) is 0 Å². The number of rotatable bonds is 8. The fourth-order valence-electron chi connectivity index (χ4n) is 2.87. The molecule has 1 fully saturated rings. The zero-order valence-electron chi connectivity index (χ0n) is 14.8. The number of nitrogens with one attached hydrogen (secondary N) is 2. The maximum absolute atomic E-state index is 12.0. The Morgan fingerprint density at radius 2 is 1.18 bits per heavy atom. The van der Waals surface area contributed by atoms with E-state index in [1.165, 1.54) is 0 Å². The lowest BCUT2D eigenvalue weighted by Crippen LogP contribution is -2.53. The van der Waals surface area contributed by atoms with E-state index in [0.717, 1.165) is 38.5 Å². The van der Waals surface area contributed by atoms with E-state index < -0.39 is 0 Å². The highest BCUT2D eigenvalue weighted by Crippen LogP contribution is 2.19. The van der Waals surface area contributed by atoms with E-state index in [2.05, 4.69) is 38.3 Å². The van der Waals surface area contributed by atoms with Crippen LogP contribution >= 0.6 is 0 Å². The molecule has 128 valence electrons. The van der Waals surface area contributed by atoms with Crippen molar-refractivity contribution in [2.45, 2.75) is 91.1 Å².